The summed E-state index contributed by atoms with van der Waals surface area (Å²) in [7, 11) is 0. The van der Waals surface area contributed by atoms with Gasteiger partial charge in [-0.3, -0.25) is 0 Å². The van der Waals surface area contributed by atoms with E-state index in [1.807, 2.05) is 18.4 Å². The van der Waals surface area contributed by atoms with Crippen LogP contribution < -0.4 is 0 Å². The van der Waals surface area contributed by atoms with Gasteiger partial charge in [-0.1, -0.05) is 11.6 Å². The minimum atomic E-state index is -0.673. The second-order valence-corrected chi connectivity index (χ2v) is 5.49. The number of rotatable bonds is 2. The van der Waals surface area contributed by atoms with E-state index in [9.17, 15) is 4.39 Å². The fourth-order valence-electron chi connectivity index (χ4n) is 2.05. The molecule has 3 aromatic rings. The van der Waals surface area contributed by atoms with Crippen molar-refractivity contribution in [2.45, 2.75) is 19.9 Å². The lowest BCUT2D eigenvalue weighted by Gasteiger charge is -2.09. The van der Waals surface area contributed by atoms with Gasteiger partial charge in [-0.2, -0.15) is 4.39 Å². The van der Waals surface area contributed by atoms with Crippen molar-refractivity contribution < 1.29 is 4.39 Å². The van der Waals surface area contributed by atoms with Crippen molar-refractivity contribution >= 4 is 34.2 Å². The number of hydrogen-bond donors (Lipinski definition) is 0. The Morgan fingerprint density at radius 2 is 1.95 bits per heavy atom. The van der Waals surface area contributed by atoms with Gasteiger partial charge in [0.05, 0.1) is 28.8 Å². The second kappa shape index (κ2) is 5.20. The summed E-state index contributed by atoms with van der Waals surface area (Å²) in [4.78, 5) is 15.7. The van der Waals surface area contributed by atoms with Gasteiger partial charge < -0.3 is 4.57 Å². The zero-order chi connectivity index (χ0) is 15.1. The van der Waals surface area contributed by atoms with Crippen molar-refractivity contribution in [3.8, 4) is 11.4 Å². The van der Waals surface area contributed by atoms with Gasteiger partial charge in [0.2, 0.25) is 11.2 Å². The minimum Gasteiger partial charge on any atom is -0.328 e. The van der Waals surface area contributed by atoms with Gasteiger partial charge in [0.15, 0.2) is 0 Å². The SMILES string of the molecule is CC(C)n1cnc2c(F)nc(-c3nc(Cl)ncc3Cl)cc21. The van der Waals surface area contributed by atoms with E-state index in [-0.39, 0.29) is 33.3 Å². The third kappa shape index (κ3) is 2.45. The Labute approximate surface area is 129 Å². The molecule has 3 heterocycles. The van der Waals surface area contributed by atoms with Crippen molar-refractivity contribution in [2.75, 3.05) is 0 Å². The molecular weight excluding hydrogens is 316 g/mol. The zero-order valence-electron chi connectivity index (χ0n) is 11.2. The lowest BCUT2D eigenvalue weighted by molar-refractivity contribution is 0.594. The summed E-state index contributed by atoms with van der Waals surface area (Å²) >= 11 is 11.8. The normalized spacial score (nSPS) is 11.5. The summed E-state index contributed by atoms with van der Waals surface area (Å²) in [5.74, 6) is -0.673. The van der Waals surface area contributed by atoms with Crippen molar-refractivity contribution in [1.29, 1.82) is 0 Å². The highest BCUT2D eigenvalue weighted by atomic mass is 35.5. The molecule has 0 spiro atoms. The molecule has 0 bridgehead atoms. The molecule has 8 heteroatoms. The Kier molecular flexibility index (Phi) is 3.51. The Bertz CT molecular complexity index is 831. The molecule has 0 radical (unpaired) electrons. The lowest BCUT2D eigenvalue weighted by atomic mass is 10.2. The maximum Gasteiger partial charge on any atom is 0.241 e. The van der Waals surface area contributed by atoms with E-state index in [0.717, 1.165) is 0 Å². The molecule has 0 atom stereocenters. The van der Waals surface area contributed by atoms with E-state index in [1.165, 1.54) is 6.20 Å². The van der Waals surface area contributed by atoms with E-state index < -0.39 is 5.95 Å². The first-order valence-corrected chi connectivity index (χ1v) is 6.94. The number of halogens is 3. The van der Waals surface area contributed by atoms with Crippen LogP contribution in [0.15, 0.2) is 18.6 Å². The predicted octanol–water partition coefficient (Wildman–Crippen LogP) is 3.92. The smallest absolute Gasteiger partial charge is 0.241 e. The van der Waals surface area contributed by atoms with Crippen molar-refractivity contribution in [2.24, 2.45) is 0 Å². The van der Waals surface area contributed by atoms with E-state index in [1.54, 1.807) is 12.4 Å². The quantitative estimate of drug-likeness (QED) is 0.529. The Balaban J connectivity index is 2.28. The van der Waals surface area contributed by atoms with Crippen LogP contribution in [-0.2, 0) is 0 Å². The molecule has 108 valence electrons. The third-order valence-electron chi connectivity index (χ3n) is 3.03. The molecular formula is C13H10Cl2FN5. The number of imidazole rings is 1. The van der Waals surface area contributed by atoms with Crippen molar-refractivity contribution in [1.82, 2.24) is 24.5 Å². The molecule has 0 aromatic carbocycles. The fraction of sp³-hybridized carbons (Fsp3) is 0.231. The summed E-state index contributed by atoms with van der Waals surface area (Å²) in [5, 5.41) is 0.273. The highest BCUT2D eigenvalue weighted by Crippen LogP contribution is 2.28. The van der Waals surface area contributed by atoms with Gasteiger partial charge in [0, 0.05) is 6.04 Å². The van der Waals surface area contributed by atoms with E-state index in [2.05, 4.69) is 19.9 Å². The summed E-state index contributed by atoms with van der Waals surface area (Å²) in [6.07, 6.45) is 2.94. The first-order chi connectivity index (χ1) is 9.97. The molecule has 5 nitrogen and oxygen atoms in total. The molecule has 0 fully saturated rings. The molecule has 0 aliphatic heterocycles. The van der Waals surface area contributed by atoms with Crippen LogP contribution in [0.5, 0.6) is 0 Å². The first kappa shape index (κ1) is 14.2. The van der Waals surface area contributed by atoms with Crippen LogP contribution in [0.25, 0.3) is 22.4 Å². The third-order valence-corrected chi connectivity index (χ3v) is 3.49. The molecule has 3 rings (SSSR count). The molecule has 0 aliphatic carbocycles. The largest absolute Gasteiger partial charge is 0.328 e. The summed E-state index contributed by atoms with van der Waals surface area (Å²) in [5.41, 5.74) is 1.41. The Hall–Kier alpha value is -1.79. The van der Waals surface area contributed by atoms with Crippen LogP contribution in [0, 0.1) is 5.95 Å². The standard InChI is InChI=1S/C13H10Cl2FN5/c1-6(2)21-5-18-11-9(21)3-8(19-12(11)16)10-7(14)4-17-13(15)20-10/h3-6H,1-2H3. The van der Waals surface area contributed by atoms with Gasteiger partial charge in [0.1, 0.15) is 11.2 Å². The van der Waals surface area contributed by atoms with E-state index in [4.69, 9.17) is 23.2 Å². The highest BCUT2D eigenvalue weighted by Gasteiger charge is 2.16. The fourth-order valence-corrected chi connectivity index (χ4v) is 2.37. The van der Waals surface area contributed by atoms with Gasteiger partial charge in [-0.05, 0) is 31.5 Å². The first-order valence-electron chi connectivity index (χ1n) is 6.19. The average molecular weight is 326 g/mol. The molecule has 0 unspecified atom stereocenters. The molecule has 0 saturated carbocycles. The van der Waals surface area contributed by atoms with Crippen molar-refractivity contribution in [3.05, 3.63) is 34.8 Å². The van der Waals surface area contributed by atoms with Crippen LogP contribution in [0.3, 0.4) is 0 Å². The van der Waals surface area contributed by atoms with Crippen LogP contribution in [0.1, 0.15) is 19.9 Å². The zero-order valence-corrected chi connectivity index (χ0v) is 12.7. The van der Waals surface area contributed by atoms with Gasteiger partial charge >= 0.3 is 0 Å². The van der Waals surface area contributed by atoms with E-state index >= 15 is 0 Å². The highest BCUT2D eigenvalue weighted by molar-refractivity contribution is 6.33. The van der Waals surface area contributed by atoms with Crippen LogP contribution in [0.4, 0.5) is 4.39 Å². The van der Waals surface area contributed by atoms with Gasteiger partial charge in [0.25, 0.3) is 0 Å². The van der Waals surface area contributed by atoms with Gasteiger partial charge in [-0.25, -0.2) is 19.9 Å². The molecule has 3 aromatic heterocycles. The number of nitrogens with zero attached hydrogens (tertiary/aromatic N) is 5. The molecule has 0 aliphatic rings. The molecule has 0 amide bonds. The summed E-state index contributed by atoms with van der Waals surface area (Å²) in [6.45, 7) is 3.96. The predicted molar refractivity (Wildman–Crippen MR) is 78.9 cm³/mol. The number of fused-ring (bicyclic) bond motifs is 1. The maximum atomic E-state index is 14.1. The number of pyridine rings is 1. The lowest BCUT2D eigenvalue weighted by Crippen LogP contribution is -2.00. The average Bonchev–Trinajstić information content (AvgIpc) is 2.86. The second-order valence-electron chi connectivity index (χ2n) is 4.75. The molecule has 21 heavy (non-hydrogen) atoms. The number of aromatic nitrogens is 5. The van der Waals surface area contributed by atoms with Crippen LogP contribution in [-0.4, -0.2) is 24.5 Å². The molecule has 0 N–H and O–H groups in total. The maximum absolute atomic E-state index is 14.1. The van der Waals surface area contributed by atoms with Crippen LogP contribution in [0.2, 0.25) is 10.3 Å². The minimum absolute atomic E-state index is 0.0223. The number of hydrogen-bond acceptors (Lipinski definition) is 4. The van der Waals surface area contributed by atoms with Crippen molar-refractivity contribution in [3.63, 3.8) is 0 Å². The van der Waals surface area contributed by atoms with Crippen LogP contribution >= 0.6 is 23.2 Å². The van der Waals surface area contributed by atoms with Gasteiger partial charge in [-0.15, -0.1) is 0 Å². The summed E-state index contributed by atoms with van der Waals surface area (Å²) < 4.78 is 16.0. The summed E-state index contributed by atoms with van der Waals surface area (Å²) in [6, 6.07) is 1.82. The Morgan fingerprint density at radius 3 is 2.67 bits per heavy atom. The Morgan fingerprint density at radius 1 is 1.19 bits per heavy atom. The van der Waals surface area contributed by atoms with E-state index in [0.29, 0.717) is 5.52 Å². The molecule has 0 saturated heterocycles. The monoisotopic (exact) mass is 325 g/mol. The topological polar surface area (TPSA) is 56.5 Å².